The van der Waals surface area contributed by atoms with E-state index in [9.17, 15) is 31.1 Å². The van der Waals surface area contributed by atoms with Crippen LogP contribution in [0.5, 0.6) is 0 Å². The summed E-state index contributed by atoms with van der Waals surface area (Å²) < 4.78 is 78.6. The van der Waals surface area contributed by atoms with Gasteiger partial charge in [-0.05, 0) is 38.8 Å². The number of nitrogens with zero attached hydrogens (tertiary/aromatic N) is 1. The van der Waals surface area contributed by atoms with E-state index in [4.69, 9.17) is 0 Å². The molecule has 0 saturated carbocycles. The molecule has 0 aliphatic carbocycles. The van der Waals surface area contributed by atoms with E-state index < -0.39 is 30.1 Å². The molecule has 0 radical (unpaired) electrons. The SMILES string of the molecule is O=C(OC(C(F)(F)F)C(F)(F)F)N1CCCC12CCNCC2. The monoisotopic (exact) mass is 334 g/mol. The maximum absolute atomic E-state index is 12.5. The number of rotatable bonds is 1. The molecule has 1 spiro atoms. The summed E-state index contributed by atoms with van der Waals surface area (Å²) in [4.78, 5) is 12.9. The number of halogens is 6. The van der Waals surface area contributed by atoms with Gasteiger partial charge in [0, 0.05) is 12.1 Å². The van der Waals surface area contributed by atoms with Crippen LogP contribution in [0.15, 0.2) is 0 Å². The lowest BCUT2D eigenvalue weighted by molar-refractivity contribution is -0.309. The smallest absolute Gasteiger partial charge is 0.426 e. The minimum Gasteiger partial charge on any atom is -0.426 e. The van der Waals surface area contributed by atoms with Crippen LogP contribution in [0.2, 0.25) is 0 Å². The van der Waals surface area contributed by atoms with Gasteiger partial charge in [0.15, 0.2) is 0 Å². The van der Waals surface area contributed by atoms with Crippen molar-refractivity contribution in [3.8, 4) is 0 Å². The van der Waals surface area contributed by atoms with Gasteiger partial charge < -0.3 is 15.0 Å². The highest BCUT2D eigenvalue weighted by Crippen LogP contribution is 2.40. The summed E-state index contributed by atoms with van der Waals surface area (Å²) in [6.07, 6.45) is -14.9. The second-order valence-corrected chi connectivity index (χ2v) is 5.58. The Morgan fingerprint density at radius 2 is 1.59 bits per heavy atom. The van der Waals surface area contributed by atoms with Gasteiger partial charge >= 0.3 is 18.4 Å². The van der Waals surface area contributed by atoms with Crippen molar-refractivity contribution in [2.45, 2.75) is 49.7 Å². The molecule has 2 aliphatic heterocycles. The Morgan fingerprint density at radius 3 is 2.09 bits per heavy atom. The van der Waals surface area contributed by atoms with E-state index in [1.54, 1.807) is 0 Å². The van der Waals surface area contributed by atoms with E-state index in [0.29, 0.717) is 38.8 Å². The number of ether oxygens (including phenoxy) is 1. The molecule has 4 nitrogen and oxygen atoms in total. The van der Waals surface area contributed by atoms with Crippen LogP contribution in [-0.2, 0) is 4.74 Å². The van der Waals surface area contributed by atoms with Gasteiger partial charge in [0.25, 0.3) is 6.10 Å². The number of carbonyl (C=O) groups excluding carboxylic acids is 1. The minimum atomic E-state index is -5.69. The molecule has 2 fully saturated rings. The van der Waals surface area contributed by atoms with Gasteiger partial charge in [-0.25, -0.2) is 4.79 Å². The fourth-order valence-corrected chi connectivity index (χ4v) is 3.12. The first-order chi connectivity index (χ1) is 10.1. The first kappa shape index (κ1) is 17.2. The third kappa shape index (κ3) is 3.41. The van der Waals surface area contributed by atoms with Gasteiger partial charge in [-0.1, -0.05) is 0 Å². The third-order valence-electron chi connectivity index (χ3n) is 4.16. The van der Waals surface area contributed by atoms with Gasteiger partial charge in [-0.2, -0.15) is 26.3 Å². The van der Waals surface area contributed by atoms with Crippen LogP contribution in [0.4, 0.5) is 31.1 Å². The van der Waals surface area contributed by atoms with Gasteiger partial charge in [-0.3, -0.25) is 0 Å². The van der Waals surface area contributed by atoms with Crippen LogP contribution in [0.3, 0.4) is 0 Å². The number of alkyl halides is 6. The van der Waals surface area contributed by atoms with Crippen molar-refractivity contribution in [1.82, 2.24) is 10.2 Å². The Kier molecular flexibility index (Phi) is 4.51. The van der Waals surface area contributed by atoms with Gasteiger partial charge in [0.1, 0.15) is 0 Å². The first-order valence-corrected chi connectivity index (χ1v) is 6.89. The fraction of sp³-hybridized carbons (Fsp3) is 0.917. The van der Waals surface area contributed by atoms with Gasteiger partial charge in [0.2, 0.25) is 0 Å². The minimum absolute atomic E-state index is 0.112. The third-order valence-corrected chi connectivity index (χ3v) is 4.16. The zero-order valence-corrected chi connectivity index (χ0v) is 11.6. The molecule has 1 N–H and O–H groups in total. The Hall–Kier alpha value is -1.19. The van der Waals surface area contributed by atoms with E-state index in [2.05, 4.69) is 10.1 Å². The zero-order chi connectivity index (χ0) is 16.6. The molecule has 2 rings (SSSR count). The zero-order valence-electron chi connectivity index (χ0n) is 11.6. The van der Waals surface area contributed by atoms with E-state index in [1.807, 2.05) is 0 Å². The number of carbonyl (C=O) groups is 1. The molecule has 128 valence electrons. The second kappa shape index (κ2) is 5.78. The molecular weight excluding hydrogens is 318 g/mol. The van der Waals surface area contributed by atoms with Crippen LogP contribution < -0.4 is 5.32 Å². The van der Waals surface area contributed by atoms with Crippen molar-refractivity contribution in [3.05, 3.63) is 0 Å². The maximum Gasteiger partial charge on any atom is 0.434 e. The summed E-state index contributed by atoms with van der Waals surface area (Å²) in [6.45, 7) is 1.23. The predicted octanol–water partition coefficient (Wildman–Crippen LogP) is 2.83. The van der Waals surface area contributed by atoms with E-state index in [-0.39, 0.29) is 6.54 Å². The standard InChI is InChI=1S/C12H16F6N2O2/c13-11(14,15)8(12(16,17)18)22-9(21)20-7-1-2-10(20)3-5-19-6-4-10/h8,19H,1-7H2. The number of amides is 1. The highest BCUT2D eigenvalue weighted by Gasteiger charge is 2.61. The summed E-state index contributed by atoms with van der Waals surface area (Å²) >= 11 is 0. The number of likely N-dealkylation sites (tertiary alicyclic amines) is 1. The Balaban J connectivity index is 2.13. The molecule has 0 aromatic rings. The van der Waals surface area contributed by atoms with Crippen LogP contribution >= 0.6 is 0 Å². The molecule has 2 heterocycles. The fourth-order valence-electron chi connectivity index (χ4n) is 3.12. The Labute approximate surface area is 122 Å². The average molecular weight is 334 g/mol. The lowest BCUT2D eigenvalue weighted by atomic mass is 9.86. The highest BCUT2D eigenvalue weighted by atomic mass is 19.4. The number of hydrogen-bond acceptors (Lipinski definition) is 3. The lowest BCUT2D eigenvalue weighted by Gasteiger charge is -2.41. The van der Waals surface area contributed by atoms with Gasteiger partial charge in [-0.15, -0.1) is 0 Å². The number of piperidine rings is 1. The molecule has 0 atom stereocenters. The maximum atomic E-state index is 12.5. The lowest BCUT2D eigenvalue weighted by Crippen LogP contribution is -2.55. The molecule has 10 heteroatoms. The number of nitrogens with one attached hydrogen (secondary N) is 1. The summed E-state index contributed by atoms with van der Waals surface area (Å²) in [5, 5.41) is 3.05. The normalized spacial score (nSPS) is 22.4. The molecule has 22 heavy (non-hydrogen) atoms. The predicted molar refractivity (Wildman–Crippen MR) is 63.2 cm³/mol. The molecule has 2 saturated heterocycles. The van der Waals surface area contributed by atoms with Crippen molar-refractivity contribution >= 4 is 6.09 Å². The summed E-state index contributed by atoms with van der Waals surface area (Å²) in [6, 6.07) is 0. The molecule has 0 bridgehead atoms. The van der Waals surface area contributed by atoms with E-state index >= 15 is 0 Å². The van der Waals surface area contributed by atoms with Crippen molar-refractivity contribution in [2.75, 3.05) is 19.6 Å². The van der Waals surface area contributed by atoms with Gasteiger partial charge in [0.05, 0.1) is 0 Å². The van der Waals surface area contributed by atoms with Crippen molar-refractivity contribution in [1.29, 1.82) is 0 Å². The second-order valence-electron chi connectivity index (χ2n) is 5.58. The van der Waals surface area contributed by atoms with E-state index in [1.165, 1.54) is 0 Å². The first-order valence-electron chi connectivity index (χ1n) is 6.89. The van der Waals surface area contributed by atoms with Crippen LogP contribution in [0, 0.1) is 0 Å². The molecule has 0 aromatic carbocycles. The number of hydrogen-bond donors (Lipinski definition) is 1. The topological polar surface area (TPSA) is 41.6 Å². The summed E-state index contributed by atoms with van der Waals surface area (Å²) in [5.41, 5.74) is -0.690. The van der Waals surface area contributed by atoms with Crippen LogP contribution in [0.1, 0.15) is 25.7 Å². The molecule has 0 unspecified atom stereocenters. The van der Waals surface area contributed by atoms with Crippen LogP contribution in [-0.4, -0.2) is 54.6 Å². The van der Waals surface area contributed by atoms with Crippen molar-refractivity contribution in [3.63, 3.8) is 0 Å². The van der Waals surface area contributed by atoms with Crippen molar-refractivity contribution in [2.24, 2.45) is 0 Å². The quantitative estimate of drug-likeness (QED) is 0.750. The largest absolute Gasteiger partial charge is 0.434 e. The highest BCUT2D eigenvalue weighted by molar-refractivity contribution is 5.69. The molecular formula is C12H16F6N2O2. The molecule has 2 aliphatic rings. The molecule has 1 amide bonds. The Bertz CT molecular complexity index is 403. The van der Waals surface area contributed by atoms with Crippen molar-refractivity contribution < 1.29 is 35.9 Å². The Morgan fingerprint density at radius 1 is 1.05 bits per heavy atom. The van der Waals surface area contributed by atoms with E-state index in [0.717, 1.165) is 4.90 Å². The average Bonchev–Trinajstić information content (AvgIpc) is 2.77. The molecule has 0 aromatic heterocycles. The van der Waals surface area contributed by atoms with Crippen LogP contribution in [0.25, 0.3) is 0 Å². The summed E-state index contributed by atoms with van der Waals surface area (Å²) in [7, 11) is 0. The summed E-state index contributed by atoms with van der Waals surface area (Å²) in [5.74, 6) is 0.